The summed E-state index contributed by atoms with van der Waals surface area (Å²) < 4.78 is 10.8. The fourth-order valence-electron chi connectivity index (χ4n) is 3.88. The van der Waals surface area contributed by atoms with Crippen LogP contribution in [0.5, 0.6) is 11.5 Å². The number of aliphatic hydroxyl groups is 1. The molecule has 2 aromatic carbocycles. The molecule has 0 aliphatic carbocycles. The van der Waals surface area contributed by atoms with Gasteiger partial charge in [0, 0.05) is 51.4 Å². The molecular formula is C23H32N2O3. The number of benzene rings is 2. The Hall–Kier alpha value is -2.08. The van der Waals surface area contributed by atoms with Gasteiger partial charge in [0.15, 0.2) is 0 Å². The third kappa shape index (κ3) is 5.47. The number of rotatable bonds is 8. The molecule has 0 amide bonds. The number of hydrogen-bond donors (Lipinski definition) is 1. The van der Waals surface area contributed by atoms with Gasteiger partial charge in [0.05, 0.1) is 14.2 Å². The second-order valence-electron chi connectivity index (χ2n) is 7.58. The van der Waals surface area contributed by atoms with Gasteiger partial charge in [-0.2, -0.15) is 0 Å². The molecule has 0 radical (unpaired) electrons. The van der Waals surface area contributed by atoms with E-state index in [2.05, 4.69) is 53.1 Å². The number of aryl methyl sites for hydroxylation is 1. The minimum absolute atomic E-state index is 0.218. The van der Waals surface area contributed by atoms with E-state index in [9.17, 15) is 5.11 Å². The summed E-state index contributed by atoms with van der Waals surface area (Å²) in [5.74, 6) is 1.64. The highest BCUT2D eigenvalue weighted by molar-refractivity contribution is 5.38. The molecule has 5 heteroatoms. The summed E-state index contributed by atoms with van der Waals surface area (Å²) in [6.07, 6.45) is 0.795. The van der Waals surface area contributed by atoms with Gasteiger partial charge >= 0.3 is 0 Å². The first-order valence-corrected chi connectivity index (χ1v) is 9.96. The van der Waals surface area contributed by atoms with Crippen LogP contribution in [-0.2, 0) is 13.1 Å². The van der Waals surface area contributed by atoms with Crippen molar-refractivity contribution < 1.29 is 14.6 Å². The molecule has 3 rings (SSSR count). The molecule has 1 fully saturated rings. The molecule has 1 atom stereocenters. The van der Waals surface area contributed by atoms with Crippen LogP contribution < -0.4 is 9.47 Å². The van der Waals surface area contributed by atoms with Crippen molar-refractivity contribution in [3.05, 3.63) is 59.2 Å². The summed E-state index contributed by atoms with van der Waals surface area (Å²) in [7, 11) is 3.36. The van der Waals surface area contributed by atoms with Crippen molar-refractivity contribution in [1.29, 1.82) is 0 Å². The SMILES string of the molecule is COc1cc(CN2CCN(Cc3ccc(C)cc3)C(CCO)C2)cc(OC)c1. The summed E-state index contributed by atoms with van der Waals surface area (Å²) >= 11 is 0. The summed E-state index contributed by atoms with van der Waals surface area (Å²) in [6.45, 7) is 7.08. The third-order valence-electron chi connectivity index (χ3n) is 5.47. The van der Waals surface area contributed by atoms with E-state index in [1.165, 1.54) is 16.7 Å². The van der Waals surface area contributed by atoms with Crippen molar-refractivity contribution in [2.75, 3.05) is 40.5 Å². The quantitative estimate of drug-likeness (QED) is 0.758. The Labute approximate surface area is 168 Å². The van der Waals surface area contributed by atoms with Crippen LogP contribution in [0.1, 0.15) is 23.1 Å². The second kappa shape index (κ2) is 9.92. The molecule has 0 spiro atoms. The highest BCUT2D eigenvalue weighted by Gasteiger charge is 2.26. The van der Waals surface area contributed by atoms with E-state index in [-0.39, 0.29) is 6.61 Å². The fraction of sp³-hybridized carbons (Fsp3) is 0.478. The van der Waals surface area contributed by atoms with Crippen molar-refractivity contribution in [2.45, 2.75) is 32.5 Å². The third-order valence-corrected chi connectivity index (χ3v) is 5.47. The van der Waals surface area contributed by atoms with Crippen molar-refractivity contribution in [3.8, 4) is 11.5 Å². The van der Waals surface area contributed by atoms with E-state index < -0.39 is 0 Å². The van der Waals surface area contributed by atoms with E-state index in [0.29, 0.717) is 6.04 Å². The van der Waals surface area contributed by atoms with Gasteiger partial charge in [0.2, 0.25) is 0 Å². The zero-order valence-electron chi connectivity index (χ0n) is 17.2. The maximum Gasteiger partial charge on any atom is 0.122 e. The first-order valence-electron chi connectivity index (χ1n) is 9.96. The monoisotopic (exact) mass is 384 g/mol. The molecule has 1 aliphatic heterocycles. The Morgan fingerprint density at radius 2 is 1.61 bits per heavy atom. The first kappa shape index (κ1) is 20.6. The van der Waals surface area contributed by atoms with Crippen LogP contribution in [0.4, 0.5) is 0 Å². The molecule has 1 N–H and O–H groups in total. The van der Waals surface area contributed by atoms with Crippen molar-refractivity contribution in [3.63, 3.8) is 0 Å². The zero-order chi connectivity index (χ0) is 19.9. The Bertz CT molecular complexity index is 726. The molecule has 1 aliphatic rings. The van der Waals surface area contributed by atoms with E-state index in [1.807, 2.05) is 6.07 Å². The predicted octanol–water partition coefficient (Wildman–Crippen LogP) is 3.08. The maximum absolute atomic E-state index is 9.57. The molecule has 1 saturated heterocycles. The van der Waals surface area contributed by atoms with Gasteiger partial charge in [0.1, 0.15) is 11.5 Å². The van der Waals surface area contributed by atoms with Crippen LogP contribution in [0.15, 0.2) is 42.5 Å². The molecule has 0 aromatic heterocycles. The lowest BCUT2D eigenvalue weighted by atomic mass is 10.1. The highest BCUT2D eigenvalue weighted by Crippen LogP contribution is 2.25. The number of aliphatic hydroxyl groups excluding tert-OH is 1. The molecule has 152 valence electrons. The average molecular weight is 385 g/mol. The number of piperazine rings is 1. The summed E-state index contributed by atoms with van der Waals surface area (Å²) in [6, 6.07) is 15.2. The smallest absolute Gasteiger partial charge is 0.122 e. The second-order valence-corrected chi connectivity index (χ2v) is 7.58. The number of methoxy groups -OCH3 is 2. The largest absolute Gasteiger partial charge is 0.497 e. The van der Waals surface area contributed by atoms with Gasteiger partial charge in [-0.3, -0.25) is 9.80 Å². The minimum Gasteiger partial charge on any atom is -0.497 e. The predicted molar refractivity (Wildman–Crippen MR) is 112 cm³/mol. The van der Waals surface area contributed by atoms with Crippen molar-refractivity contribution >= 4 is 0 Å². The van der Waals surface area contributed by atoms with Crippen molar-refractivity contribution in [1.82, 2.24) is 9.80 Å². The number of nitrogens with zero attached hydrogens (tertiary/aromatic N) is 2. The number of hydrogen-bond acceptors (Lipinski definition) is 5. The van der Waals surface area contributed by atoms with Crippen LogP contribution in [0.2, 0.25) is 0 Å². The van der Waals surface area contributed by atoms with Crippen LogP contribution in [0.3, 0.4) is 0 Å². The zero-order valence-corrected chi connectivity index (χ0v) is 17.2. The van der Waals surface area contributed by atoms with Gasteiger partial charge in [-0.05, 0) is 36.6 Å². The Morgan fingerprint density at radius 3 is 2.21 bits per heavy atom. The van der Waals surface area contributed by atoms with E-state index in [0.717, 1.165) is 50.6 Å². The molecule has 0 saturated carbocycles. The van der Waals surface area contributed by atoms with Crippen LogP contribution in [0.25, 0.3) is 0 Å². The first-order chi connectivity index (χ1) is 13.6. The number of ether oxygens (including phenoxy) is 2. The maximum atomic E-state index is 9.57. The van der Waals surface area contributed by atoms with Gasteiger partial charge in [-0.1, -0.05) is 29.8 Å². The average Bonchev–Trinajstić information content (AvgIpc) is 2.71. The lowest BCUT2D eigenvalue weighted by molar-refractivity contribution is 0.0499. The Morgan fingerprint density at radius 1 is 0.929 bits per heavy atom. The lowest BCUT2D eigenvalue weighted by Crippen LogP contribution is -2.52. The Balaban J connectivity index is 1.65. The highest BCUT2D eigenvalue weighted by atomic mass is 16.5. The van der Waals surface area contributed by atoms with Crippen LogP contribution >= 0.6 is 0 Å². The lowest BCUT2D eigenvalue weighted by Gasteiger charge is -2.41. The normalized spacial score (nSPS) is 18.2. The van der Waals surface area contributed by atoms with E-state index in [1.54, 1.807) is 14.2 Å². The molecule has 1 heterocycles. The molecular weight excluding hydrogens is 352 g/mol. The van der Waals surface area contributed by atoms with Gasteiger partial charge in [0.25, 0.3) is 0 Å². The minimum atomic E-state index is 0.218. The van der Waals surface area contributed by atoms with Crippen molar-refractivity contribution in [2.24, 2.45) is 0 Å². The molecule has 2 aromatic rings. The van der Waals surface area contributed by atoms with Gasteiger partial charge in [-0.25, -0.2) is 0 Å². The van der Waals surface area contributed by atoms with Gasteiger partial charge in [-0.15, -0.1) is 0 Å². The van der Waals surface area contributed by atoms with E-state index in [4.69, 9.17) is 9.47 Å². The molecule has 28 heavy (non-hydrogen) atoms. The summed E-state index contributed by atoms with van der Waals surface area (Å²) in [5.41, 5.74) is 3.81. The summed E-state index contributed by atoms with van der Waals surface area (Å²) in [4.78, 5) is 4.96. The van der Waals surface area contributed by atoms with Crippen LogP contribution in [0, 0.1) is 6.92 Å². The molecule has 0 bridgehead atoms. The van der Waals surface area contributed by atoms with Gasteiger partial charge < -0.3 is 14.6 Å². The van der Waals surface area contributed by atoms with Crippen LogP contribution in [-0.4, -0.2) is 61.4 Å². The Kier molecular flexibility index (Phi) is 7.31. The molecule has 1 unspecified atom stereocenters. The molecule has 5 nitrogen and oxygen atoms in total. The fourth-order valence-corrected chi connectivity index (χ4v) is 3.88. The summed E-state index contributed by atoms with van der Waals surface area (Å²) in [5, 5.41) is 9.57. The standard InChI is InChI=1S/C23H32N2O3/c1-18-4-6-19(7-5-18)16-25-10-9-24(17-21(25)8-11-26)15-20-12-22(27-2)14-23(13-20)28-3/h4-7,12-14,21,26H,8-11,15-17H2,1-3H3. The van der Waals surface area contributed by atoms with E-state index >= 15 is 0 Å². The topological polar surface area (TPSA) is 45.2 Å².